The monoisotopic (exact) mass is 464 g/mol. The Labute approximate surface area is 200 Å². The number of ether oxygens (including phenoxy) is 4. The van der Waals surface area contributed by atoms with Crippen LogP contribution >= 0.6 is 0 Å². The standard InChI is InChI=1S/C26H32N4O4/c1-31-21-3-4-22-23(15-21)29-26(18-28-22)34-11-10-30-8-6-19(7-9-30)16-27-17-20-2-5-24-25(14-20)33-13-12-32-24/h2-5,14-15,18-19,27H,6-13,16-17H2,1H3. The van der Waals surface area contributed by atoms with Crippen molar-refractivity contribution in [2.45, 2.75) is 19.4 Å². The lowest BCUT2D eigenvalue weighted by Gasteiger charge is -2.31. The van der Waals surface area contributed by atoms with Crippen LogP contribution in [0.3, 0.4) is 0 Å². The molecule has 0 amide bonds. The number of nitrogens with one attached hydrogen (secondary N) is 1. The molecule has 0 radical (unpaired) electrons. The second kappa shape index (κ2) is 10.9. The summed E-state index contributed by atoms with van der Waals surface area (Å²) in [7, 11) is 1.65. The molecule has 1 aromatic heterocycles. The number of piperidine rings is 1. The van der Waals surface area contributed by atoms with Gasteiger partial charge in [-0.25, -0.2) is 9.97 Å². The Morgan fingerprint density at radius 1 is 1.03 bits per heavy atom. The molecule has 8 nitrogen and oxygen atoms in total. The lowest BCUT2D eigenvalue weighted by atomic mass is 9.97. The van der Waals surface area contributed by atoms with E-state index in [1.54, 1.807) is 13.3 Å². The van der Waals surface area contributed by atoms with Crippen LogP contribution in [0, 0.1) is 5.92 Å². The van der Waals surface area contributed by atoms with Gasteiger partial charge in [0.25, 0.3) is 0 Å². The first-order valence-corrected chi connectivity index (χ1v) is 12.0. The van der Waals surface area contributed by atoms with Gasteiger partial charge in [0.05, 0.1) is 24.3 Å². The minimum Gasteiger partial charge on any atom is -0.497 e. The van der Waals surface area contributed by atoms with Crippen molar-refractivity contribution in [2.24, 2.45) is 5.92 Å². The minimum atomic E-state index is 0.555. The van der Waals surface area contributed by atoms with Gasteiger partial charge in [-0.3, -0.25) is 4.90 Å². The number of benzene rings is 2. The van der Waals surface area contributed by atoms with Crippen molar-refractivity contribution in [3.05, 3.63) is 48.2 Å². The zero-order chi connectivity index (χ0) is 23.2. The number of fused-ring (bicyclic) bond motifs is 2. The van der Waals surface area contributed by atoms with E-state index in [4.69, 9.17) is 18.9 Å². The van der Waals surface area contributed by atoms with Crippen LogP contribution in [0.5, 0.6) is 23.1 Å². The molecule has 34 heavy (non-hydrogen) atoms. The molecule has 180 valence electrons. The summed E-state index contributed by atoms with van der Waals surface area (Å²) in [5, 5.41) is 3.62. The highest BCUT2D eigenvalue weighted by molar-refractivity contribution is 5.76. The Hall–Kier alpha value is -3.10. The first kappa shape index (κ1) is 22.7. The predicted molar refractivity (Wildman–Crippen MR) is 130 cm³/mol. The fourth-order valence-electron chi connectivity index (χ4n) is 4.48. The van der Waals surface area contributed by atoms with Gasteiger partial charge >= 0.3 is 0 Å². The van der Waals surface area contributed by atoms with E-state index in [1.165, 1.54) is 18.4 Å². The first-order valence-electron chi connectivity index (χ1n) is 12.0. The Bertz CT molecular complexity index is 1100. The van der Waals surface area contributed by atoms with Gasteiger partial charge in [0.15, 0.2) is 11.5 Å². The summed E-state index contributed by atoms with van der Waals surface area (Å²) in [4.78, 5) is 11.4. The lowest BCUT2D eigenvalue weighted by molar-refractivity contribution is 0.152. The van der Waals surface area contributed by atoms with Crippen LogP contribution in [-0.2, 0) is 6.54 Å². The molecule has 8 heteroatoms. The molecular weight excluding hydrogens is 432 g/mol. The minimum absolute atomic E-state index is 0.555. The molecule has 2 aliphatic rings. The van der Waals surface area contributed by atoms with E-state index in [1.807, 2.05) is 24.3 Å². The van der Waals surface area contributed by atoms with Gasteiger partial charge in [-0.1, -0.05) is 6.07 Å². The van der Waals surface area contributed by atoms with Crippen molar-refractivity contribution < 1.29 is 18.9 Å². The highest BCUT2D eigenvalue weighted by Gasteiger charge is 2.19. The maximum atomic E-state index is 5.88. The number of methoxy groups -OCH3 is 1. The average Bonchev–Trinajstić information content (AvgIpc) is 2.89. The van der Waals surface area contributed by atoms with Crippen LogP contribution in [0.25, 0.3) is 11.0 Å². The Morgan fingerprint density at radius 2 is 1.88 bits per heavy atom. The molecular formula is C26H32N4O4. The van der Waals surface area contributed by atoms with Crippen molar-refractivity contribution in [1.29, 1.82) is 0 Å². The molecule has 2 aromatic carbocycles. The molecule has 3 heterocycles. The molecule has 3 aromatic rings. The zero-order valence-corrected chi connectivity index (χ0v) is 19.7. The summed E-state index contributed by atoms with van der Waals surface area (Å²) >= 11 is 0. The van der Waals surface area contributed by atoms with Crippen molar-refractivity contribution in [3.63, 3.8) is 0 Å². The van der Waals surface area contributed by atoms with E-state index in [9.17, 15) is 0 Å². The van der Waals surface area contributed by atoms with Gasteiger partial charge < -0.3 is 24.3 Å². The third kappa shape index (κ3) is 5.69. The predicted octanol–water partition coefficient (Wildman–Crippen LogP) is 3.29. The second-order valence-corrected chi connectivity index (χ2v) is 8.81. The number of rotatable bonds is 9. The number of nitrogens with zero attached hydrogens (tertiary/aromatic N) is 3. The van der Waals surface area contributed by atoms with Crippen LogP contribution in [-0.4, -0.2) is 68.0 Å². The molecule has 2 aliphatic heterocycles. The molecule has 0 unspecified atom stereocenters. The summed E-state index contributed by atoms with van der Waals surface area (Å²) in [6.07, 6.45) is 4.09. The van der Waals surface area contributed by atoms with Crippen molar-refractivity contribution >= 4 is 11.0 Å². The van der Waals surface area contributed by atoms with E-state index >= 15 is 0 Å². The van der Waals surface area contributed by atoms with Crippen molar-refractivity contribution in [2.75, 3.05) is 53.1 Å². The number of likely N-dealkylation sites (tertiary alicyclic amines) is 1. The summed E-state index contributed by atoms with van der Waals surface area (Å²) < 4.78 is 22.4. The quantitative estimate of drug-likeness (QED) is 0.517. The highest BCUT2D eigenvalue weighted by Crippen LogP contribution is 2.30. The largest absolute Gasteiger partial charge is 0.497 e. The normalized spacial score (nSPS) is 16.5. The Balaban J connectivity index is 1.00. The number of hydrogen-bond donors (Lipinski definition) is 1. The molecule has 0 saturated carbocycles. The van der Waals surface area contributed by atoms with Crippen LogP contribution in [0.15, 0.2) is 42.6 Å². The first-order chi connectivity index (χ1) is 16.8. The van der Waals surface area contributed by atoms with Crippen LogP contribution in [0.4, 0.5) is 0 Å². The Morgan fingerprint density at radius 3 is 2.74 bits per heavy atom. The van der Waals surface area contributed by atoms with Gasteiger partial charge in [-0.15, -0.1) is 0 Å². The molecule has 1 saturated heterocycles. The maximum absolute atomic E-state index is 5.88. The topological polar surface area (TPSA) is 78.0 Å². The van der Waals surface area contributed by atoms with Gasteiger partial charge in [-0.2, -0.15) is 0 Å². The van der Waals surface area contributed by atoms with Gasteiger partial charge in [-0.05, 0) is 68.2 Å². The molecule has 0 bridgehead atoms. The summed E-state index contributed by atoms with van der Waals surface area (Å²) in [6.45, 7) is 6.84. The molecule has 1 fully saturated rings. The third-order valence-corrected chi connectivity index (χ3v) is 6.46. The van der Waals surface area contributed by atoms with E-state index in [0.29, 0.717) is 31.6 Å². The third-order valence-electron chi connectivity index (χ3n) is 6.46. The van der Waals surface area contributed by atoms with Crippen LogP contribution < -0.4 is 24.3 Å². The smallest absolute Gasteiger partial charge is 0.232 e. The van der Waals surface area contributed by atoms with Gasteiger partial charge in [0, 0.05) is 19.2 Å². The highest BCUT2D eigenvalue weighted by atomic mass is 16.6. The van der Waals surface area contributed by atoms with E-state index in [0.717, 1.165) is 61.0 Å². The zero-order valence-electron chi connectivity index (χ0n) is 19.7. The average molecular weight is 465 g/mol. The number of aromatic nitrogens is 2. The van der Waals surface area contributed by atoms with Gasteiger partial charge in [0.1, 0.15) is 25.6 Å². The lowest BCUT2D eigenvalue weighted by Crippen LogP contribution is -2.39. The molecule has 1 N–H and O–H groups in total. The van der Waals surface area contributed by atoms with E-state index < -0.39 is 0 Å². The van der Waals surface area contributed by atoms with Crippen LogP contribution in [0.1, 0.15) is 18.4 Å². The van der Waals surface area contributed by atoms with Crippen molar-refractivity contribution in [1.82, 2.24) is 20.2 Å². The van der Waals surface area contributed by atoms with Crippen LogP contribution in [0.2, 0.25) is 0 Å². The molecule has 0 spiro atoms. The van der Waals surface area contributed by atoms with Gasteiger partial charge in [0.2, 0.25) is 5.88 Å². The van der Waals surface area contributed by atoms with Crippen molar-refractivity contribution in [3.8, 4) is 23.1 Å². The summed E-state index contributed by atoms with van der Waals surface area (Å²) in [6, 6.07) is 11.9. The second-order valence-electron chi connectivity index (χ2n) is 8.81. The fourth-order valence-corrected chi connectivity index (χ4v) is 4.48. The number of hydrogen-bond acceptors (Lipinski definition) is 8. The molecule has 5 rings (SSSR count). The van der Waals surface area contributed by atoms with E-state index in [-0.39, 0.29) is 0 Å². The maximum Gasteiger partial charge on any atom is 0.232 e. The van der Waals surface area contributed by atoms with E-state index in [2.05, 4.69) is 32.3 Å². The fraction of sp³-hybridized carbons (Fsp3) is 0.462. The summed E-state index contributed by atoms with van der Waals surface area (Å²) in [5.41, 5.74) is 2.84. The molecule has 0 aliphatic carbocycles. The Kier molecular flexibility index (Phi) is 7.26. The SMILES string of the molecule is COc1ccc2ncc(OCCN3CCC(CNCc4ccc5c(c4)OCCO5)CC3)nc2c1. The molecule has 0 atom stereocenters. The summed E-state index contributed by atoms with van der Waals surface area (Å²) in [5.74, 6) is 3.73.